The number of carbonyl (C=O) groups is 2. The Morgan fingerprint density at radius 1 is 1.09 bits per heavy atom. The van der Waals surface area contributed by atoms with Crippen LogP contribution in [0.15, 0.2) is 77.9 Å². The summed E-state index contributed by atoms with van der Waals surface area (Å²) in [4.78, 5) is 26.7. The van der Waals surface area contributed by atoms with Gasteiger partial charge in [0.15, 0.2) is 0 Å². The topological polar surface area (TPSA) is 80.2 Å². The van der Waals surface area contributed by atoms with Gasteiger partial charge in [0, 0.05) is 29.2 Å². The molecule has 0 aliphatic carbocycles. The Morgan fingerprint density at radius 3 is 2.66 bits per heavy atom. The van der Waals surface area contributed by atoms with E-state index in [1.807, 2.05) is 79.7 Å². The molecule has 1 N–H and O–H groups in total. The molecule has 0 radical (unpaired) electrons. The highest BCUT2D eigenvalue weighted by atomic mass is 35.5. The Bertz CT molecular complexity index is 1210. The van der Waals surface area contributed by atoms with Crippen molar-refractivity contribution in [3.8, 4) is 11.5 Å². The summed E-state index contributed by atoms with van der Waals surface area (Å²) in [6.07, 6.45) is 1.68. The lowest BCUT2D eigenvalue weighted by atomic mass is 10.1. The predicted molar refractivity (Wildman–Crippen MR) is 136 cm³/mol. The van der Waals surface area contributed by atoms with Crippen molar-refractivity contribution >= 4 is 35.3 Å². The maximum absolute atomic E-state index is 12.6. The Morgan fingerprint density at radius 2 is 1.89 bits per heavy atom. The van der Waals surface area contributed by atoms with Crippen LogP contribution in [0.1, 0.15) is 24.5 Å². The molecule has 1 aliphatic heterocycles. The summed E-state index contributed by atoms with van der Waals surface area (Å²) in [6.45, 7) is 3.14. The molecule has 35 heavy (non-hydrogen) atoms. The number of halogens is 1. The van der Waals surface area contributed by atoms with Crippen LogP contribution in [0, 0.1) is 5.92 Å². The number of ether oxygens (including phenoxy) is 2. The molecule has 1 aliphatic rings. The number of hydrogen-bond donors (Lipinski definition) is 1. The lowest BCUT2D eigenvalue weighted by Crippen LogP contribution is -2.30. The molecule has 3 aromatic carbocycles. The molecule has 3 aromatic rings. The summed E-state index contributed by atoms with van der Waals surface area (Å²) in [5, 5.41) is 4.72. The minimum absolute atomic E-state index is 0.0957. The van der Waals surface area contributed by atoms with E-state index in [2.05, 4.69) is 10.5 Å². The molecule has 1 saturated heterocycles. The molecule has 8 heteroatoms. The summed E-state index contributed by atoms with van der Waals surface area (Å²) >= 11 is 6.17. The molecule has 1 atom stereocenters. The molecule has 7 nitrogen and oxygen atoms in total. The SMILES string of the molecule is CCOc1ccc(N2C[C@H](C(=O)N/N=C\c3cccc(OCc4ccccc4Cl)c3)CC2=O)cc1. The fraction of sp³-hybridized carbons (Fsp3) is 0.222. The van der Waals surface area contributed by atoms with Crippen LogP contribution in [-0.4, -0.2) is 31.2 Å². The van der Waals surface area contributed by atoms with E-state index in [0.717, 1.165) is 22.6 Å². The second kappa shape index (κ2) is 11.5. The first-order valence-electron chi connectivity index (χ1n) is 11.4. The third kappa shape index (κ3) is 6.39. The van der Waals surface area contributed by atoms with E-state index in [0.29, 0.717) is 30.5 Å². The van der Waals surface area contributed by atoms with Gasteiger partial charge in [-0.25, -0.2) is 5.43 Å². The highest BCUT2D eigenvalue weighted by Gasteiger charge is 2.35. The van der Waals surface area contributed by atoms with Gasteiger partial charge in [-0.3, -0.25) is 9.59 Å². The van der Waals surface area contributed by atoms with Crippen molar-refractivity contribution in [3.05, 3.63) is 88.9 Å². The zero-order chi connectivity index (χ0) is 24.6. The first-order valence-corrected chi connectivity index (χ1v) is 11.7. The molecular weight excluding hydrogens is 466 g/mol. The van der Waals surface area contributed by atoms with Gasteiger partial charge in [0.2, 0.25) is 11.8 Å². The number of hydrazone groups is 1. The summed E-state index contributed by atoms with van der Waals surface area (Å²) in [5.74, 6) is 0.532. The molecule has 1 fully saturated rings. The van der Waals surface area contributed by atoms with Crippen molar-refractivity contribution in [1.29, 1.82) is 0 Å². The molecule has 0 aromatic heterocycles. The molecule has 2 amide bonds. The van der Waals surface area contributed by atoms with Gasteiger partial charge in [0.1, 0.15) is 18.1 Å². The van der Waals surface area contributed by atoms with Gasteiger partial charge in [0.25, 0.3) is 0 Å². The Hall–Kier alpha value is -3.84. The molecule has 180 valence electrons. The number of carbonyl (C=O) groups excluding carboxylic acids is 2. The van der Waals surface area contributed by atoms with Crippen molar-refractivity contribution in [2.24, 2.45) is 11.0 Å². The molecule has 0 unspecified atom stereocenters. The highest BCUT2D eigenvalue weighted by Crippen LogP contribution is 2.27. The minimum Gasteiger partial charge on any atom is -0.494 e. The van der Waals surface area contributed by atoms with Crippen LogP contribution in [0.2, 0.25) is 5.02 Å². The predicted octanol–water partition coefficient (Wildman–Crippen LogP) is 4.82. The quantitative estimate of drug-likeness (QED) is 0.344. The van der Waals surface area contributed by atoms with Crippen molar-refractivity contribution in [1.82, 2.24) is 5.43 Å². The second-order valence-electron chi connectivity index (χ2n) is 8.02. The average Bonchev–Trinajstić information content (AvgIpc) is 3.26. The third-order valence-electron chi connectivity index (χ3n) is 5.55. The normalized spacial score (nSPS) is 15.4. The largest absolute Gasteiger partial charge is 0.494 e. The maximum atomic E-state index is 12.6. The van der Waals surface area contributed by atoms with Crippen molar-refractivity contribution in [2.75, 3.05) is 18.1 Å². The summed E-state index contributed by atoms with van der Waals surface area (Å²) in [6, 6.07) is 22.1. The fourth-order valence-corrected chi connectivity index (χ4v) is 3.93. The minimum atomic E-state index is -0.475. The van der Waals surface area contributed by atoms with E-state index >= 15 is 0 Å². The number of anilines is 1. The Balaban J connectivity index is 1.30. The third-order valence-corrected chi connectivity index (χ3v) is 5.92. The summed E-state index contributed by atoms with van der Waals surface area (Å²) in [5.41, 5.74) is 4.95. The van der Waals surface area contributed by atoms with Crippen LogP contribution in [0.25, 0.3) is 0 Å². The van der Waals surface area contributed by atoms with Crippen LogP contribution in [0.5, 0.6) is 11.5 Å². The van der Waals surface area contributed by atoms with E-state index in [4.69, 9.17) is 21.1 Å². The molecular formula is C27H26ClN3O4. The zero-order valence-electron chi connectivity index (χ0n) is 19.3. The first-order chi connectivity index (χ1) is 17.0. The smallest absolute Gasteiger partial charge is 0.245 e. The number of nitrogens with one attached hydrogen (secondary N) is 1. The van der Waals surface area contributed by atoms with Gasteiger partial charge >= 0.3 is 0 Å². The first kappa shape index (κ1) is 24.3. The maximum Gasteiger partial charge on any atom is 0.245 e. The monoisotopic (exact) mass is 491 g/mol. The van der Waals surface area contributed by atoms with Crippen LogP contribution in [-0.2, 0) is 16.2 Å². The van der Waals surface area contributed by atoms with Crippen LogP contribution in [0.3, 0.4) is 0 Å². The molecule has 0 bridgehead atoms. The van der Waals surface area contributed by atoms with Crippen LogP contribution in [0.4, 0.5) is 5.69 Å². The fourth-order valence-electron chi connectivity index (χ4n) is 3.74. The summed E-state index contributed by atoms with van der Waals surface area (Å²) < 4.78 is 11.3. The molecule has 1 heterocycles. The highest BCUT2D eigenvalue weighted by molar-refractivity contribution is 6.31. The standard InChI is InChI=1S/C27H26ClN3O4/c1-2-34-23-12-10-22(11-13-23)31-17-21(15-26(31)32)27(33)30-29-16-19-6-5-8-24(14-19)35-18-20-7-3-4-9-25(20)28/h3-14,16,21H,2,15,17-18H2,1H3,(H,30,33)/b29-16-/t21-/m1/s1. The second-order valence-corrected chi connectivity index (χ2v) is 8.43. The zero-order valence-corrected chi connectivity index (χ0v) is 20.1. The van der Waals surface area contributed by atoms with E-state index < -0.39 is 5.92 Å². The van der Waals surface area contributed by atoms with Gasteiger partial charge in [-0.1, -0.05) is 41.9 Å². The molecule has 0 spiro atoms. The number of benzene rings is 3. The number of nitrogens with zero attached hydrogens (tertiary/aromatic N) is 2. The van der Waals surface area contributed by atoms with Gasteiger partial charge in [-0.15, -0.1) is 0 Å². The molecule has 4 rings (SSSR count). The Labute approximate surface area is 209 Å². The number of amides is 2. The van der Waals surface area contributed by atoms with Crippen LogP contribution >= 0.6 is 11.6 Å². The van der Waals surface area contributed by atoms with Crippen molar-refractivity contribution in [3.63, 3.8) is 0 Å². The lowest BCUT2D eigenvalue weighted by molar-refractivity contribution is -0.126. The van der Waals surface area contributed by atoms with Gasteiger partial charge in [-0.2, -0.15) is 5.10 Å². The van der Waals surface area contributed by atoms with E-state index in [1.165, 1.54) is 0 Å². The van der Waals surface area contributed by atoms with Gasteiger partial charge in [-0.05, 0) is 55.0 Å². The number of rotatable bonds is 9. The van der Waals surface area contributed by atoms with E-state index in [-0.39, 0.29) is 18.2 Å². The van der Waals surface area contributed by atoms with Crippen molar-refractivity contribution in [2.45, 2.75) is 20.0 Å². The van der Waals surface area contributed by atoms with E-state index in [9.17, 15) is 9.59 Å². The van der Waals surface area contributed by atoms with E-state index in [1.54, 1.807) is 11.1 Å². The lowest BCUT2D eigenvalue weighted by Gasteiger charge is -2.17. The summed E-state index contributed by atoms with van der Waals surface area (Å²) in [7, 11) is 0. The number of hydrogen-bond acceptors (Lipinski definition) is 5. The van der Waals surface area contributed by atoms with Crippen molar-refractivity contribution < 1.29 is 19.1 Å². The molecule has 0 saturated carbocycles. The van der Waals surface area contributed by atoms with Gasteiger partial charge in [0.05, 0.1) is 18.7 Å². The van der Waals surface area contributed by atoms with Crippen LogP contribution < -0.4 is 19.8 Å². The Kier molecular flexibility index (Phi) is 8.00. The average molecular weight is 492 g/mol. The van der Waals surface area contributed by atoms with Gasteiger partial charge < -0.3 is 14.4 Å².